The molecule has 1 saturated heterocycles. The number of amides is 1. The van der Waals surface area contributed by atoms with Crippen LogP contribution in [0.3, 0.4) is 0 Å². The van der Waals surface area contributed by atoms with Crippen molar-refractivity contribution in [2.45, 2.75) is 19.0 Å². The molecular weight excluding hydrogens is 234 g/mol. The Kier molecular flexibility index (Phi) is 3.88. The highest BCUT2D eigenvalue weighted by molar-refractivity contribution is 5.85. The van der Waals surface area contributed by atoms with Crippen LogP contribution in [0.1, 0.15) is 18.5 Å². The summed E-state index contributed by atoms with van der Waals surface area (Å²) in [5.74, 6) is -0.518. The number of rotatable bonds is 3. The van der Waals surface area contributed by atoms with Gasteiger partial charge in [-0.1, -0.05) is 6.07 Å². The molecule has 0 aliphatic carbocycles. The number of aromatic nitrogens is 1. The monoisotopic (exact) mass is 249 g/mol. The molecule has 1 aromatic rings. The highest BCUT2D eigenvalue weighted by Gasteiger charge is 2.35. The lowest BCUT2D eigenvalue weighted by Crippen LogP contribution is -2.57. The number of piperazine rings is 1. The zero-order chi connectivity index (χ0) is 13.0. The van der Waals surface area contributed by atoms with E-state index >= 15 is 0 Å². The van der Waals surface area contributed by atoms with Gasteiger partial charge in [-0.2, -0.15) is 0 Å². The van der Waals surface area contributed by atoms with Crippen LogP contribution in [0.4, 0.5) is 0 Å². The fraction of sp³-hybridized carbons (Fsp3) is 0.417. The van der Waals surface area contributed by atoms with Crippen molar-refractivity contribution >= 4 is 11.9 Å². The lowest BCUT2D eigenvalue weighted by atomic mass is 9.99. The molecule has 6 nitrogen and oxygen atoms in total. The maximum Gasteiger partial charge on any atom is 0.325 e. The number of carbonyl (C=O) groups excluding carboxylic acids is 2. The molecule has 1 aromatic heterocycles. The Labute approximate surface area is 105 Å². The van der Waals surface area contributed by atoms with Crippen LogP contribution in [-0.2, 0) is 14.3 Å². The molecule has 0 spiro atoms. The van der Waals surface area contributed by atoms with E-state index in [4.69, 9.17) is 4.74 Å². The minimum atomic E-state index is -0.577. The summed E-state index contributed by atoms with van der Waals surface area (Å²) < 4.78 is 5.00. The van der Waals surface area contributed by atoms with Gasteiger partial charge < -0.3 is 10.1 Å². The Morgan fingerprint density at radius 2 is 2.44 bits per heavy atom. The van der Waals surface area contributed by atoms with Crippen LogP contribution in [0.25, 0.3) is 0 Å². The fourth-order valence-electron chi connectivity index (χ4n) is 1.92. The van der Waals surface area contributed by atoms with E-state index in [1.54, 1.807) is 25.4 Å². The summed E-state index contributed by atoms with van der Waals surface area (Å²) in [6.45, 7) is 2.17. The molecule has 0 saturated carbocycles. The van der Waals surface area contributed by atoms with Crippen LogP contribution < -0.4 is 10.6 Å². The number of hydrogen-bond acceptors (Lipinski definition) is 5. The first-order valence-corrected chi connectivity index (χ1v) is 5.81. The third-order valence-corrected chi connectivity index (χ3v) is 2.72. The van der Waals surface area contributed by atoms with E-state index in [0.29, 0.717) is 6.61 Å². The second-order valence-corrected chi connectivity index (χ2v) is 3.94. The van der Waals surface area contributed by atoms with Gasteiger partial charge in [0.05, 0.1) is 19.2 Å². The lowest BCUT2D eigenvalue weighted by Gasteiger charge is -2.31. The molecule has 0 unspecified atom stereocenters. The predicted octanol–water partition coefficient (Wildman–Crippen LogP) is -0.226. The van der Waals surface area contributed by atoms with Crippen molar-refractivity contribution in [3.63, 3.8) is 0 Å². The van der Waals surface area contributed by atoms with Gasteiger partial charge in [0.15, 0.2) is 0 Å². The van der Waals surface area contributed by atoms with Crippen LogP contribution in [0.15, 0.2) is 24.5 Å². The first-order chi connectivity index (χ1) is 8.72. The van der Waals surface area contributed by atoms with Gasteiger partial charge in [-0.15, -0.1) is 0 Å². The molecule has 18 heavy (non-hydrogen) atoms. The topological polar surface area (TPSA) is 80.3 Å². The van der Waals surface area contributed by atoms with Gasteiger partial charge in [-0.3, -0.25) is 19.9 Å². The van der Waals surface area contributed by atoms with Gasteiger partial charge >= 0.3 is 5.97 Å². The standard InChI is InChI=1S/C12H15N3O3/c1-2-18-12(17)11-10(15-9(16)7-14-11)8-4-3-5-13-6-8/h3-6,10-11,14H,2,7H2,1H3,(H,15,16)/t10-,11+/m0/s1. The molecule has 0 bridgehead atoms. The van der Waals surface area contributed by atoms with E-state index in [9.17, 15) is 9.59 Å². The van der Waals surface area contributed by atoms with Crippen LogP contribution in [-0.4, -0.2) is 36.1 Å². The quantitative estimate of drug-likeness (QED) is 0.723. The lowest BCUT2D eigenvalue weighted by molar-refractivity contribution is -0.147. The molecule has 1 fully saturated rings. The Bertz CT molecular complexity index is 435. The van der Waals surface area contributed by atoms with Crippen molar-refractivity contribution in [1.82, 2.24) is 15.6 Å². The largest absolute Gasteiger partial charge is 0.465 e. The van der Waals surface area contributed by atoms with Gasteiger partial charge in [0.2, 0.25) is 5.91 Å². The second-order valence-electron chi connectivity index (χ2n) is 3.94. The Balaban J connectivity index is 2.21. The maximum atomic E-state index is 11.8. The van der Waals surface area contributed by atoms with E-state index in [1.807, 2.05) is 6.07 Å². The smallest absolute Gasteiger partial charge is 0.325 e. The number of esters is 1. The van der Waals surface area contributed by atoms with Crippen molar-refractivity contribution in [2.75, 3.05) is 13.2 Å². The first kappa shape index (κ1) is 12.5. The molecule has 1 aliphatic heterocycles. The molecule has 1 aliphatic rings. The molecule has 1 amide bonds. The van der Waals surface area contributed by atoms with E-state index in [1.165, 1.54) is 0 Å². The summed E-state index contributed by atoms with van der Waals surface area (Å²) in [5.41, 5.74) is 0.774. The minimum absolute atomic E-state index is 0.111. The number of nitrogens with one attached hydrogen (secondary N) is 2. The average molecular weight is 249 g/mol. The SMILES string of the molecule is CCOC(=O)[C@@H]1NCC(=O)N[C@H]1c1cccnc1. The zero-order valence-corrected chi connectivity index (χ0v) is 10.1. The van der Waals surface area contributed by atoms with E-state index < -0.39 is 12.1 Å². The molecule has 2 atom stereocenters. The second kappa shape index (κ2) is 5.59. The van der Waals surface area contributed by atoms with Gasteiger partial charge in [0.1, 0.15) is 6.04 Å². The summed E-state index contributed by atoms with van der Waals surface area (Å²) >= 11 is 0. The molecule has 0 radical (unpaired) electrons. The zero-order valence-electron chi connectivity index (χ0n) is 10.1. The molecule has 96 valence electrons. The number of nitrogens with zero attached hydrogens (tertiary/aromatic N) is 1. The summed E-state index contributed by atoms with van der Waals surface area (Å²) in [5, 5.41) is 5.67. The molecular formula is C12H15N3O3. The Morgan fingerprint density at radius 1 is 1.61 bits per heavy atom. The summed E-state index contributed by atoms with van der Waals surface area (Å²) in [6.07, 6.45) is 3.27. The fourth-order valence-corrected chi connectivity index (χ4v) is 1.92. The third-order valence-electron chi connectivity index (χ3n) is 2.72. The summed E-state index contributed by atoms with van der Waals surface area (Å²) in [4.78, 5) is 27.3. The highest BCUT2D eigenvalue weighted by Crippen LogP contribution is 2.19. The third kappa shape index (κ3) is 2.65. The van der Waals surface area contributed by atoms with Crippen LogP contribution in [0, 0.1) is 0 Å². The van der Waals surface area contributed by atoms with Gasteiger partial charge in [-0.25, -0.2) is 0 Å². The number of hydrogen-bond donors (Lipinski definition) is 2. The summed E-state index contributed by atoms with van der Waals surface area (Å²) in [6, 6.07) is 2.56. The Morgan fingerprint density at radius 3 is 3.11 bits per heavy atom. The normalized spacial score (nSPS) is 23.3. The van der Waals surface area contributed by atoms with Crippen molar-refractivity contribution in [2.24, 2.45) is 0 Å². The number of ether oxygens (including phenoxy) is 1. The number of carbonyl (C=O) groups is 2. The van der Waals surface area contributed by atoms with Gasteiger partial charge in [0.25, 0.3) is 0 Å². The van der Waals surface area contributed by atoms with Gasteiger partial charge in [-0.05, 0) is 18.6 Å². The van der Waals surface area contributed by atoms with Crippen molar-refractivity contribution in [3.8, 4) is 0 Å². The van der Waals surface area contributed by atoms with E-state index in [-0.39, 0.29) is 18.4 Å². The molecule has 2 rings (SSSR count). The van der Waals surface area contributed by atoms with Crippen LogP contribution in [0.2, 0.25) is 0 Å². The molecule has 0 aromatic carbocycles. The predicted molar refractivity (Wildman–Crippen MR) is 63.5 cm³/mol. The van der Waals surface area contributed by atoms with Crippen molar-refractivity contribution in [3.05, 3.63) is 30.1 Å². The van der Waals surface area contributed by atoms with E-state index in [0.717, 1.165) is 5.56 Å². The Hall–Kier alpha value is -1.95. The molecule has 2 N–H and O–H groups in total. The molecule has 6 heteroatoms. The highest BCUT2D eigenvalue weighted by atomic mass is 16.5. The van der Waals surface area contributed by atoms with Crippen LogP contribution in [0.5, 0.6) is 0 Å². The summed E-state index contributed by atoms with van der Waals surface area (Å²) in [7, 11) is 0. The van der Waals surface area contributed by atoms with Crippen molar-refractivity contribution < 1.29 is 14.3 Å². The maximum absolute atomic E-state index is 11.8. The number of pyridine rings is 1. The van der Waals surface area contributed by atoms with Crippen LogP contribution >= 0.6 is 0 Å². The van der Waals surface area contributed by atoms with E-state index in [2.05, 4.69) is 15.6 Å². The van der Waals surface area contributed by atoms with Gasteiger partial charge in [0, 0.05) is 12.4 Å². The minimum Gasteiger partial charge on any atom is -0.465 e. The van der Waals surface area contributed by atoms with Crippen molar-refractivity contribution in [1.29, 1.82) is 0 Å². The average Bonchev–Trinajstić information content (AvgIpc) is 2.40. The first-order valence-electron chi connectivity index (χ1n) is 5.81. The molecule has 2 heterocycles.